The number of aryl methyl sites for hydroxylation is 1. The molecule has 0 saturated heterocycles. The fourth-order valence-electron chi connectivity index (χ4n) is 4.47. The van der Waals surface area contributed by atoms with Gasteiger partial charge in [0.2, 0.25) is 18.1 Å². The van der Waals surface area contributed by atoms with Crippen LogP contribution >= 0.6 is 0 Å². The number of amides is 2. The number of aliphatic hydroxyl groups excluding tert-OH is 1. The topological polar surface area (TPSA) is 152 Å². The van der Waals surface area contributed by atoms with E-state index in [0.717, 1.165) is 18.1 Å². The van der Waals surface area contributed by atoms with Gasteiger partial charge in [0.05, 0.1) is 25.7 Å². The molecule has 42 heavy (non-hydrogen) atoms. The lowest BCUT2D eigenvalue weighted by Gasteiger charge is -2.38. The Kier molecular flexibility index (Phi) is 7.32. The summed E-state index contributed by atoms with van der Waals surface area (Å²) in [7, 11) is 2.64. The zero-order valence-corrected chi connectivity index (χ0v) is 22.7. The number of imidazole rings is 1. The molecule has 4 aromatic rings. The Morgan fingerprint density at radius 1 is 1.26 bits per heavy atom. The molecule has 4 aromatic heterocycles. The number of hydrogen-bond donors (Lipinski definition) is 2. The van der Waals surface area contributed by atoms with Crippen LogP contribution in [0.5, 0.6) is 5.88 Å². The molecule has 2 atom stereocenters. The minimum absolute atomic E-state index is 0.0557. The molecule has 1 aliphatic rings. The van der Waals surface area contributed by atoms with E-state index in [-0.39, 0.29) is 35.1 Å². The smallest absolute Gasteiger partial charge is 0.421 e. The number of aliphatic hydroxyl groups is 1. The summed E-state index contributed by atoms with van der Waals surface area (Å²) in [5.74, 6) is -0.965. The Hall–Kier alpha value is -4.99. The zero-order chi connectivity index (χ0) is 30.3. The van der Waals surface area contributed by atoms with Crippen molar-refractivity contribution >= 4 is 23.5 Å². The van der Waals surface area contributed by atoms with Gasteiger partial charge >= 0.3 is 6.18 Å². The van der Waals surface area contributed by atoms with Crippen LogP contribution in [0.2, 0.25) is 0 Å². The Morgan fingerprint density at radius 3 is 2.69 bits per heavy atom. The number of methoxy groups -OCH3 is 1. The molecule has 13 nitrogen and oxygen atoms in total. The molecular weight excluding hydrogens is 561 g/mol. The number of hydrogen-bond acceptors (Lipinski definition) is 10. The van der Waals surface area contributed by atoms with Crippen molar-refractivity contribution in [2.24, 2.45) is 0 Å². The molecule has 1 unspecified atom stereocenters. The van der Waals surface area contributed by atoms with Crippen LogP contribution in [-0.2, 0) is 17.5 Å². The number of ether oxygens (including phenoxy) is 1. The van der Waals surface area contributed by atoms with Crippen molar-refractivity contribution in [2.45, 2.75) is 39.0 Å². The minimum Gasteiger partial charge on any atom is -0.481 e. The van der Waals surface area contributed by atoms with Crippen molar-refractivity contribution in [3.63, 3.8) is 0 Å². The number of aromatic nitrogens is 5. The second-order valence-electron chi connectivity index (χ2n) is 9.50. The molecule has 5 rings (SSSR count). The maximum absolute atomic E-state index is 13.5. The number of nitrogens with zero attached hydrogens (tertiary/aromatic N) is 7. The van der Waals surface area contributed by atoms with Gasteiger partial charge < -0.3 is 29.2 Å². The van der Waals surface area contributed by atoms with Gasteiger partial charge in [-0.15, -0.1) is 0 Å². The SMILES string of the molecule is COc1ncc(-c2cccc(NC(=O)[C@H](C)n3cnc4c3C(=O)N(Cc3cc(C)on3)C(O)N4C)n2)cc1C(F)(F)F. The molecule has 0 radical (unpaired) electrons. The first-order chi connectivity index (χ1) is 19.9. The third-order valence-corrected chi connectivity index (χ3v) is 6.65. The third kappa shape index (κ3) is 5.23. The second kappa shape index (κ2) is 10.8. The van der Waals surface area contributed by atoms with Crippen LogP contribution < -0.4 is 15.0 Å². The lowest BCUT2D eigenvalue weighted by atomic mass is 10.1. The lowest BCUT2D eigenvalue weighted by molar-refractivity contribution is -0.139. The van der Waals surface area contributed by atoms with Gasteiger partial charge in [-0.05, 0) is 32.0 Å². The quantitative estimate of drug-likeness (QED) is 0.330. The van der Waals surface area contributed by atoms with E-state index in [4.69, 9.17) is 9.26 Å². The highest BCUT2D eigenvalue weighted by molar-refractivity contribution is 6.01. The molecule has 0 spiro atoms. The predicted octanol–water partition coefficient (Wildman–Crippen LogP) is 3.23. The summed E-state index contributed by atoms with van der Waals surface area (Å²) in [6, 6.07) is 5.98. The van der Waals surface area contributed by atoms with Gasteiger partial charge in [0.1, 0.15) is 28.9 Å². The van der Waals surface area contributed by atoms with Crippen LogP contribution in [-0.4, -0.2) is 67.0 Å². The van der Waals surface area contributed by atoms with E-state index in [9.17, 15) is 27.9 Å². The average Bonchev–Trinajstić information content (AvgIpc) is 3.59. The van der Waals surface area contributed by atoms with Crippen LogP contribution in [0.4, 0.5) is 24.8 Å². The first kappa shape index (κ1) is 28.5. The van der Waals surface area contributed by atoms with Crippen LogP contribution in [0, 0.1) is 6.92 Å². The Morgan fingerprint density at radius 2 is 2.02 bits per heavy atom. The van der Waals surface area contributed by atoms with Gasteiger partial charge in [0.15, 0.2) is 11.5 Å². The Labute approximate surface area is 236 Å². The minimum atomic E-state index is -4.70. The standard InChI is InChI=1S/C26H25F3N8O5/c1-13-8-16(34-42-13)11-36-24(39)20-21(35(3)25(36)40)31-12-37(20)14(2)22(38)33-19-7-5-6-18(32-19)15-9-17(26(27,28)29)23(41-4)30-10-15/h5-10,12,14,25,40H,11H2,1-4H3,(H,32,33,38)/t14-,25?/m0/s1. The fraction of sp³-hybridized carbons (Fsp3) is 0.308. The molecule has 2 amide bonds. The van der Waals surface area contributed by atoms with E-state index in [2.05, 4.69) is 25.4 Å². The second-order valence-corrected chi connectivity index (χ2v) is 9.50. The van der Waals surface area contributed by atoms with Gasteiger partial charge in [-0.2, -0.15) is 13.2 Å². The predicted molar refractivity (Wildman–Crippen MR) is 140 cm³/mol. The molecule has 220 valence electrons. The van der Waals surface area contributed by atoms with E-state index in [1.54, 1.807) is 20.0 Å². The van der Waals surface area contributed by atoms with Crippen molar-refractivity contribution < 1.29 is 37.1 Å². The Balaban J connectivity index is 1.38. The molecule has 0 aromatic carbocycles. The number of alkyl halides is 3. The molecule has 0 fully saturated rings. The average molecular weight is 587 g/mol. The summed E-state index contributed by atoms with van der Waals surface area (Å²) >= 11 is 0. The van der Waals surface area contributed by atoms with Gasteiger partial charge in [0.25, 0.3) is 5.91 Å². The van der Waals surface area contributed by atoms with Crippen molar-refractivity contribution in [1.82, 2.24) is 29.6 Å². The van der Waals surface area contributed by atoms with Gasteiger partial charge in [-0.1, -0.05) is 11.2 Å². The van der Waals surface area contributed by atoms with Crippen molar-refractivity contribution in [3.05, 3.63) is 65.6 Å². The van der Waals surface area contributed by atoms with Gasteiger partial charge in [0, 0.05) is 24.9 Å². The molecule has 0 saturated carbocycles. The van der Waals surface area contributed by atoms with E-state index >= 15 is 0 Å². The largest absolute Gasteiger partial charge is 0.481 e. The van der Waals surface area contributed by atoms with Crippen LogP contribution in [0.15, 0.2) is 47.4 Å². The summed E-state index contributed by atoms with van der Waals surface area (Å²) in [6.07, 6.45) is -3.55. The van der Waals surface area contributed by atoms with E-state index in [0.29, 0.717) is 11.5 Å². The number of nitrogens with one attached hydrogen (secondary N) is 1. The van der Waals surface area contributed by atoms with E-state index < -0.39 is 41.8 Å². The van der Waals surface area contributed by atoms with Gasteiger partial charge in [-0.3, -0.25) is 14.5 Å². The summed E-state index contributed by atoms with van der Waals surface area (Å²) in [5, 5.41) is 17.3. The van der Waals surface area contributed by atoms with E-state index in [1.165, 1.54) is 47.1 Å². The first-order valence-electron chi connectivity index (χ1n) is 12.5. The number of rotatable bonds is 7. The number of halogens is 3. The highest BCUT2D eigenvalue weighted by Crippen LogP contribution is 2.37. The van der Waals surface area contributed by atoms with Crippen LogP contribution in [0.3, 0.4) is 0 Å². The van der Waals surface area contributed by atoms with Crippen molar-refractivity contribution in [2.75, 3.05) is 24.4 Å². The highest BCUT2D eigenvalue weighted by atomic mass is 19.4. The lowest BCUT2D eigenvalue weighted by Crippen LogP contribution is -2.54. The molecule has 0 aliphatic carbocycles. The van der Waals surface area contributed by atoms with Crippen LogP contribution in [0.25, 0.3) is 11.3 Å². The number of carbonyl (C=O) groups excluding carboxylic acids is 2. The molecular formula is C26H25F3N8O5. The number of fused-ring (bicyclic) bond motifs is 1. The number of carbonyl (C=O) groups is 2. The maximum Gasteiger partial charge on any atom is 0.421 e. The fourth-order valence-corrected chi connectivity index (χ4v) is 4.47. The molecule has 0 bridgehead atoms. The molecule has 16 heteroatoms. The first-order valence-corrected chi connectivity index (χ1v) is 12.5. The van der Waals surface area contributed by atoms with Crippen molar-refractivity contribution in [3.8, 4) is 17.1 Å². The number of pyridine rings is 2. The summed E-state index contributed by atoms with van der Waals surface area (Å²) in [6.45, 7) is 3.18. The maximum atomic E-state index is 13.5. The summed E-state index contributed by atoms with van der Waals surface area (Å²) < 4.78 is 51.6. The van der Waals surface area contributed by atoms with Crippen molar-refractivity contribution in [1.29, 1.82) is 0 Å². The summed E-state index contributed by atoms with van der Waals surface area (Å²) in [5.41, 5.74) is -0.383. The molecule has 5 heterocycles. The third-order valence-electron chi connectivity index (χ3n) is 6.65. The normalized spacial score (nSPS) is 15.9. The highest BCUT2D eigenvalue weighted by Gasteiger charge is 2.40. The van der Waals surface area contributed by atoms with E-state index in [1.807, 2.05) is 0 Å². The number of anilines is 2. The Bertz CT molecular complexity index is 1650. The zero-order valence-electron chi connectivity index (χ0n) is 22.7. The molecule has 1 aliphatic heterocycles. The van der Waals surface area contributed by atoms with Gasteiger partial charge in [-0.25, -0.2) is 15.0 Å². The summed E-state index contributed by atoms with van der Waals surface area (Å²) in [4.78, 5) is 41.5. The molecule has 2 N–H and O–H groups in total. The monoisotopic (exact) mass is 586 g/mol. The van der Waals surface area contributed by atoms with Crippen LogP contribution in [0.1, 0.15) is 40.5 Å².